The van der Waals surface area contributed by atoms with E-state index in [1.807, 2.05) is 19.1 Å². The van der Waals surface area contributed by atoms with Gasteiger partial charge in [-0.15, -0.1) is 0 Å². The zero-order chi connectivity index (χ0) is 13.8. The fraction of sp³-hybridized carbons (Fsp3) is 0.429. The maximum atomic E-state index is 12.4. The highest BCUT2D eigenvalue weighted by Crippen LogP contribution is 2.27. The highest BCUT2D eigenvalue weighted by molar-refractivity contribution is 6.04. The lowest BCUT2D eigenvalue weighted by Gasteiger charge is -2.14. The second-order valence-electron chi connectivity index (χ2n) is 4.37. The second-order valence-corrected chi connectivity index (χ2v) is 4.37. The van der Waals surface area contributed by atoms with Crippen molar-refractivity contribution in [3.63, 3.8) is 0 Å². The Kier molecular flexibility index (Phi) is 4.04. The van der Waals surface area contributed by atoms with Crippen LogP contribution in [0.3, 0.4) is 0 Å². The normalized spacial score (nSPS) is 18.0. The first-order chi connectivity index (χ1) is 9.13. The molecule has 1 aliphatic rings. The summed E-state index contributed by atoms with van der Waals surface area (Å²) in [5.41, 5.74) is 1.43. The molecule has 0 bridgehead atoms. The van der Waals surface area contributed by atoms with Crippen LogP contribution in [0, 0.1) is 6.92 Å². The number of hydrogen-bond acceptors (Lipinski definition) is 4. The maximum absolute atomic E-state index is 12.4. The van der Waals surface area contributed by atoms with Crippen LogP contribution >= 0.6 is 0 Å². The van der Waals surface area contributed by atoms with E-state index < -0.39 is 12.1 Å². The third kappa shape index (κ3) is 2.86. The predicted molar refractivity (Wildman–Crippen MR) is 69.6 cm³/mol. The summed E-state index contributed by atoms with van der Waals surface area (Å²) in [5.74, 6) is 0.477. The first kappa shape index (κ1) is 13.4. The van der Waals surface area contributed by atoms with Crippen molar-refractivity contribution in [1.82, 2.24) is 5.32 Å². The molecule has 1 unspecified atom stereocenters. The number of alkyl carbamates (subject to hydrolysis) is 1. The molecule has 1 aliphatic heterocycles. The molecule has 5 nitrogen and oxygen atoms in total. The van der Waals surface area contributed by atoms with Crippen molar-refractivity contribution in [2.75, 3.05) is 13.2 Å². The molecule has 1 aromatic carbocycles. The van der Waals surface area contributed by atoms with E-state index in [0.29, 0.717) is 24.3 Å². The third-order valence-corrected chi connectivity index (χ3v) is 3.01. The molecular weight excluding hydrogens is 246 g/mol. The van der Waals surface area contributed by atoms with Gasteiger partial charge in [0.1, 0.15) is 5.75 Å². The van der Waals surface area contributed by atoms with Crippen molar-refractivity contribution in [2.45, 2.75) is 26.3 Å². The summed E-state index contributed by atoms with van der Waals surface area (Å²) < 4.78 is 10.4. The first-order valence-electron chi connectivity index (χ1n) is 6.33. The molecule has 1 amide bonds. The average Bonchev–Trinajstić information content (AvgIpc) is 2.53. The van der Waals surface area contributed by atoms with Crippen LogP contribution in [0.25, 0.3) is 0 Å². The minimum Gasteiger partial charge on any atom is -0.492 e. The van der Waals surface area contributed by atoms with E-state index >= 15 is 0 Å². The van der Waals surface area contributed by atoms with Gasteiger partial charge in [-0.1, -0.05) is 12.1 Å². The largest absolute Gasteiger partial charge is 0.492 e. The number of para-hydroxylation sites is 1. The van der Waals surface area contributed by atoms with Crippen molar-refractivity contribution in [3.8, 4) is 5.75 Å². The Morgan fingerprint density at radius 1 is 1.53 bits per heavy atom. The molecule has 1 N–H and O–H groups in total. The van der Waals surface area contributed by atoms with Crippen molar-refractivity contribution >= 4 is 11.9 Å². The number of benzene rings is 1. The van der Waals surface area contributed by atoms with Gasteiger partial charge in [0.25, 0.3) is 0 Å². The number of rotatable bonds is 2. The molecule has 0 radical (unpaired) electrons. The lowest BCUT2D eigenvalue weighted by Crippen LogP contribution is -2.41. The van der Waals surface area contributed by atoms with E-state index in [9.17, 15) is 9.59 Å². The molecule has 102 valence electrons. The Labute approximate surface area is 111 Å². The molecule has 0 aliphatic carbocycles. The van der Waals surface area contributed by atoms with Gasteiger partial charge in [0.2, 0.25) is 0 Å². The van der Waals surface area contributed by atoms with E-state index in [4.69, 9.17) is 9.47 Å². The predicted octanol–water partition coefficient (Wildman–Crippen LogP) is 2.07. The van der Waals surface area contributed by atoms with Gasteiger partial charge in [-0.2, -0.15) is 0 Å². The Morgan fingerprint density at radius 3 is 3.05 bits per heavy atom. The van der Waals surface area contributed by atoms with Crippen LogP contribution in [0.5, 0.6) is 5.75 Å². The van der Waals surface area contributed by atoms with E-state index in [-0.39, 0.29) is 12.4 Å². The Balaban J connectivity index is 2.21. The summed E-state index contributed by atoms with van der Waals surface area (Å²) in [6.45, 7) is 4.28. The van der Waals surface area contributed by atoms with Crippen molar-refractivity contribution in [3.05, 3.63) is 29.3 Å². The fourth-order valence-corrected chi connectivity index (χ4v) is 2.09. The summed E-state index contributed by atoms with van der Waals surface area (Å²) in [6, 6.07) is 4.82. The number of carbonyl (C=O) groups is 2. The minimum atomic E-state index is -0.595. The summed E-state index contributed by atoms with van der Waals surface area (Å²) >= 11 is 0. The van der Waals surface area contributed by atoms with Crippen LogP contribution in [0.4, 0.5) is 4.79 Å². The van der Waals surface area contributed by atoms with Crippen LogP contribution in [0.1, 0.15) is 29.3 Å². The standard InChI is InChI=1S/C14H17NO4/c1-3-18-14(17)15-11-7-8-19-13-9(2)5-4-6-10(13)12(11)16/h4-6,11H,3,7-8H2,1-2H3,(H,15,17). The molecule has 0 saturated carbocycles. The van der Waals surface area contributed by atoms with Crippen LogP contribution in [0.2, 0.25) is 0 Å². The maximum Gasteiger partial charge on any atom is 0.407 e. The number of ether oxygens (including phenoxy) is 2. The molecule has 0 spiro atoms. The number of amides is 1. The van der Waals surface area contributed by atoms with Gasteiger partial charge in [-0.3, -0.25) is 4.79 Å². The molecule has 2 rings (SSSR count). The van der Waals surface area contributed by atoms with Gasteiger partial charge in [0.05, 0.1) is 24.8 Å². The number of fused-ring (bicyclic) bond motifs is 1. The number of nitrogens with one attached hydrogen (secondary N) is 1. The van der Waals surface area contributed by atoms with E-state index in [1.165, 1.54) is 0 Å². The van der Waals surface area contributed by atoms with Gasteiger partial charge in [-0.05, 0) is 25.5 Å². The summed E-state index contributed by atoms with van der Waals surface area (Å²) in [4.78, 5) is 23.8. The quantitative estimate of drug-likeness (QED) is 0.887. The lowest BCUT2D eigenvalue weighted by molar-refractivity contribution is 0.0921. The average molecular weight is 263 g/mol. The third-order valence-electron chi connectivity index (χ3n) is 3.01. The van der Waals surface area contributed by atoms with E-state index in [2.05, 4.69) is 5.32 Å². The smallest absolute Gasteiger partial charge is 0.407 e. The Hall–Kier alpha value is -2.04. The molecule has 1 atom stereocenters. The van der Waals surface area contributed by atoms with Crippen LogP contribution < -0.4 is 10.1 Å². The van der Waals surface area contributed by atoms with E-state index in [1.54, 1.807) is 13.0 Å². The number of Topliss-reactive ketones (excluding diaryl/α,β-unsaturated/α-hetero) is 1. The number of carbonyl (C=O) groups excluding carboxylic acids is 2. The number of hydrogen-bond donors (Lipinski definition) is 1. The molecular formula is C14H17NO4. The van der Waals surface area contributed by atoms with Gasteiger partial charge in [0, 0.05) is 6.42 Å². The molecule has 0 aromatic heterocycles. The second kappa shape index (κ2) is 5.73. The van der Waals surface area contributed by atoms with Crippen LogP contribution in [-0.2, 0) is 4.74 Å². The molecule has 5 heteroatoms. The Bertz CT molecular complexity index is 498. The summed E-state index contributed by atoms with van der Waals surface area (Å²) in [5, 5.41) is 2.58. The topological polar surface area (TPSA) is 64.6 Å². The molecule has 1 heterocycles. The zero-order valence-electron chi connectivity index (χ0n) is 11.1. The number of ketones is 1. The van der Waals surface area contributed by atoms with Crippen LogP contribution in [-0.4, -0.2) is 31.1 Å². The minimum absolute atomic E-state index is 0.135. The SMILES string of the molecule is CCOC(=O)NC1CCOc2c(C)cccc2C1=O. The first-order valence-corrected chi connectivity index (χ1v) is 6.33. The highest BCUT2D eigenvalue weighted by atomic mass is 16.5. The van der Waals surface area contributed by atoms with Gasteiger partial charge >= 0.3 is 6.09 Å². The van der Waals surface area contributed by atoms with Gasteiger partial charge in [-0.25, -0.2) is 4.79 Å². The Morgan fingerprint density at radius 2 is 2.32 bits per heavy atom. The van der Waals surface area contributed by atoms with Crippen molar-refractivity contribution in [2.24, 2.45) is 0 Å². The fourth-order valence-electron chi connectivity index (χ4n) is 2.09. The molecule has 0 saturated heterocycles. The summed E-state index contributed by atoms with van der Waals surface area (Å²) in [6.07, 6.45) is -0.136. The van der Waals surface area contributed by atoms with E-state index in [0.717, 1.165) is 5.56 Å². The summed E-state index contributed by atoms with van der Waals surface area (Å²) in [7, 11) is 0. The van der Waals surface area contributed by atoms with Gasteiger partial charge < -0.3 is 14.8 Å². The van der Waals surface area contributed by atoms with Crippen molar-refractivity contribution < 1.29 is 19.1 Å². The number of aryl methyl sites for hydroxylation is 1. The molecule has 0 fully saturated rings. The van der Waals surface area contributed by atoms with Crippen LogP contribution in [0.15, 0.2) is 18.2 Å². The lowest BCUT2D eigenvalue weighted by atomic mass is 10.0. The monoisotopic (exact) mass is 263 g/mol. The van der Waals surface area contributed by atoms with Crippen molar-refractivity contribution in [1.29, 1.82) is 0 Å². The zero-order valence-corrected chi connectivity index (χ0v) is 11.1. The highest BCUT2D eigenvalue weighted by Gasteiger charge is 2.28. The van der Waals surface area contributed by atoms with Gasteiger partial charge in [0.15, 0.2) is 5.78 Å². The molecule has 19 heavy (non-hydrogen) atoms. The molecule has 1 aromatic rings.